The number of ether oxygens (including phenoxy) is 1. The average molecular weight is 269 g/mol. The van der Waals surface area contributed by atoms with Gasteiger partial charge in [0.15, 0.2) is 0 Å². The lowest BCUT2D eigenvalue weighted by atomic mass is 10.0. The number of aryl methyl sites for hydroxylation is 4. The van der Waals surface area contributed by atoms with Crippen LogP contribution in [-0.4, -0.2) is 0 Å². The lowest BCUT2D eigenvalue weighted by Crippen LogP contribution is -2.03. The molecule has 0 aliphatic carbocycles. The Labute approximate surface area is 121 Å². The van der Waals surface area contributed by atoms with Crippen LogP contribution in [0.25, 0.3) is 0 Å². The van der Waals surface area contributed by atoms with Crippen LogP contribution in [0, 0.1) is 27.7 Å². The smallest absolute Gasteiger partial charge is 0.125 e. The average Bonchev–Trinajstić information content (AvgIpc) is 2.41. The van der Waals surface area contributed by atoms with Crippen LogP contribution in [0.5, 0.6) is 5.75 Å². The first kappa shape index (κ1) is 14.6. The molecule has 2 aromatic carbocycles. The van der Waals surface area contributed by atoms with Crippen molar-refractivity contribution in [3.63, 3.8) is 0 Å². The van der Waals surface area contributed by atoms with Crippen molar-refractivity contribution in [1.29, 1.82) is 0 Å². The number of benzene rings is 2. The van der Waals surface area contributed by atoms with Crippen molar-refractivity contribution >= 4 is 0 Å². The molecule has 0 spiro atoms. The van der Waals surface area contributed by atoms with E-state index in [1.807, 2.05) is 0 Å². The number of hydrogen-bond donors (Lipinski definition) is 1. The van der Waals surface area contributed by atoms with Gasteiger partial charge in [-0.2, -0.15) is 0 Å². The predicted octanol–water partition coefficient (Wildman–Crippen LogP) is 3.96. The first-order chi connectivity index (χ1) is 9.51. The van der Waals surface area contributed by atoms with Crippen LogP contribution in [-0.2, 0) is 13.2 Å². The second-order valence-electron chi connectivity index (χ2n) is 5.48. The van der Waals surface area contributed by atoms with Crippen molar-refractivity contribution < 1.29 is 4.74 Å². The Balaban J connectivity index is 2.21. The SMILES string of the molecule is Cc1ccc(C)c(COc2c(C)cc(CN)cc2C)c1. The molecule has 0 unspecified atom stereocenters. The Morgan fingerprint density at radius 1 is 0.900 bits per heavy atom. The zero-order valence-corrected chi connectivity index (χ0v) is 12.8. The van der Waals surface area contributed by atoms with Crippen molar-refractivity contribution in [2.75, 3.05) is 0 Å². The minimum absolute atomic E-state index is 0.568. The molecule has 0 saturated carbocycles. The highest BCUT2D eigenvalue weighted by Gasteiger charge is 2.07. The maximum atomic E-state index is 6.05. The third-order valence-electron chi connectivity index (χ3n) is 3.63. The molecular weight excluding hydrogens is 246 g/mol. The Hall–Kier alpha value is -1.80. The summed E-state index contributed by atoms with van der Waals surface area (Å²) >= 11 is 0. The minimum Gasteiger partial charge on any atom is -0.488 e. The largest absolute Gasteiger partial charge is 0.488 e. The third kappa shape index (κ3) is 3.20. The van der Waals surface area contributed by atoms with Gasteiger partial charge in [0.05, 0.1) is 0 Å². The number of nitrogens with two attached hydrogens (primary N) is 1. The van der Waals surface area contributed by atoms with E-state index in [1.165, 1.54) is 16.7 Å². The maximum absolute atomic E-state index is 6.05. The highest BCUT2D eigenvalue weighted by Crippen LogP contribution is 2.26. The highest BCUT2D eigenvalue weighted by molar-refractivity contribution is 5.43. The second-order valence-corrected chi connectivity index (χ2v) is 5.48. The Bertz CT molecular complexity index is 594. The van der Waals surface area contributed by atoms with E-state index in [0.717, 1.165) is 22.4 Å². The molecule has 2 rings (SSSR count). The molecule has 0 amide bonds. The summed E-state index contributed by atoms with van der Waals surface area (Å²) < 4.78 is 6.05. The minimum atomic E-state index is 0.568. The molecular formula is C18H23NO. The van der Waals surface area contributed by atoms with Gasteiger partial charge in [0.1, 0.15) is 12.4 Å². The summed E-state index contributed by atoms with van der Waals surface area (Å²) in [4.78, 5) is 0. The Morgan fingerprint density at radius 3 is 2.15 bits per heavy atom. The van der Waals surface area contributed by atoms with E-state index in [9.17, 15) is 0 Å². The second kappa shape index (κ2) is 6.10. The van der Waals surface area contributed by atoms with E-state index in [4.69, 9.17) is 10.5 Å². The van der Waals surface area contributed by atoms with Gasteiger partial charge < -0.3 is 10.5 Å². The molecule has 0 radical (unpaired) electrons. The van der Waals surface area contributed by atoms with Crippen molar-refractivity contribution in [1.82, 2.24) is 0 Å². The molecule has 0 fully saturated rings. The van der Waals surface area contributed by atoms with E-state index in [1.54, 1.807) is 0 Å². The molecule has 0 aliphatic heterocycles. The number of hydrogen-bond acceptors (Lipinski definition) is 2. The standard InChI is InChI=1S/C18H23NO/c1-12-5-6-13(2)17(7-12)11-20-18-14(3)8-16(10-19)9-15(18)4/h5-9H,10-11,19H2,1-4H3. The maximum Gasteiger partial charge on any atom is 0.125 e. The van der Waals surface area contributed by atoms with Gasteiger partial charge in [-0.25, -0.2) is 0 Å². The monoisotopic (exact) mass is 269 g/mol. The van der Waals surface area contributed by atoms with Crippen molar-refractivity contribution in [3.05, 3.63) is 63.7 Å². The highest BCUT2D eigenvalue weighted by atomic mass is 16.5. The molecule has 0 saturated heterocycles. The van der Waals surface area contributed by atoms with Gasteiger partial charge in [0, 0.05) is 6.54 Å². The summed E-state index contributed by atoms with van der Waals surface area (Å²) in [6, 6.07) is 10.7. The molecule has 106 valence electrons. The van der Waals surface area contributed by atoms with Gasteiger partial charge in [0.25, 0.3) is 0 Å². The van der Waals surface area contributed by atoms with Gasteiger partial charge >= 0.3 is 0 Å². The van der Waals surface area contributed by atoms with E-state index in [-0.39, 0.29) is 0 Å². The predicted molar refractivity (Wildman–Crippen MR) is 84.1 cm³/mol. The van der Waals surface area contributed by atoms with Crippen molar-refractivity contribution in [2.24, 2.45) is 5.73 Å². The van der Waals surface area contributed by atoms with Crippen LogP contribution >= 0.6 is 0 Å². The zero-order chi connectivity index (χ0) is 14.7. The summed E-state index contributed by atoms with van der Waals surface area (Å²) in [5.41, 5.74) is 12.9. The molecule has 0 aliphatic rings. The molecule has 2 nitrogen and oxygen atoms in total. The van der Waals surface area contributed by atoms with E-state index in [0.29, 0.717) is 13.2 Å². The summed E-state index contributed by atoms with van der Waals surface area (Å²) in [6.07, 6.45) is 0. The topological polar surface area (TPSA) is 35.2 Å². The fraction of sp³-hybridized carbons (Fsp3) is 0.333. The van der Waals surface area contributed by atoms with Crippen LogP contribution in [0.15, 0.2) is 30.3 Å². The molecule has 0 atom stereocenters. The molecule has 2 aromatic rings. The zero-order valence-electron chi connectivity index (χ0n) is 12.8. The first-order valence-electron chi connectivity index (χ1n) is 7.00. The van der Waals surface area contributed by atoms with Crippen LogP contribution in [0.3, 0.4) is 0 Å². The summed E-state index contributed by atoms with van der Waals surface area (Å²) in [7, 11) is 0. The fourth-order valence-electron chi connectivity index (χ4n) is 2.49. The van der Waals surface area contributed by atoms with Crippen molar-refractivity contribution in [2.45, 2.75) is 40.8 Å². The lowest BCUT2D eigenvalue weighted by molar-refractivity contribution is 0.301. The van der Waals surface area contributed by atoms with Crippen molar-refractivity contribution in [3.8, 4) is 5.75 Å². The molecule has 0 heterocycles. The quantitative estimate of drug-likeness (QED) is 0.912. The molecule has 2 N–H and O–H groups in total. The first-order valence-corrected chi connectivity index (χ1v) is 7.00. The van der Waals surface area contributed by atoms with Crippen LogP contribution < -0.4 is 10.5 Å². The normalized spacial score (nSPS) is 10.7. The van der Waals surface area contributed by atoms with Gasteiger partial charge in [-0.05, 0) is 55.5 Å². The summed E-state index contributed by atoms with van der Waals surface area (Å²) in [5, 5.41) is 0. The van der Waals surface area contributed by atoms with Gasteiger partial charge in [-0.3, -0.25) is 0 Å². The summed E-state index contributed by atoms with van der Waals surface area (Å²) in [6.45, 7) is 9.55. The Morgan fingerprint density at radius 2 is 1.55 bits per heavy atom. The molecule has 0 bridgehead atoms. The third-order valence-corrected chi connectivity index (χ3v) is 3.63. The molecule has 2 heteroatoms. The van der Waals surface area contributed by atoms with E-state index >= 15 is 0 Å². The van der Waals surface area contributed by atoms with Gasteiger partial charge in [-0.15, -0.1) is 0 Å². The molecule has 20 heavy (non-hydrogen) atoms. The molecule has 0 aromatic heterocycles. The van der Waals surface area contributed by atoms with E-state index in [2.05, 4.69) is 58.0 Å². The van der Waals surface area contributed by atoms with E-state index < -0.39 is 0 Å². The fourth-order valence-corrected chi connectivity index (χ4v) is 2.49. The van der Waals surface area contributed by atoms with Crippen LogP contribution in [0.4, 0.5) is 0 Å². The van der Waals surface area contributed by atoms with Gasteiger partial charge in [0.2, 0.25) is 0 Å². The van der Waals surface area contributed by atoms with Gasteiger partial charge in [-0.1, -0.05) is 35.9 Å². The summed E-state index contributed by atoms with van der Waals surface area (Å²) in [5.74, 6) is 0.975. The van der Waals surface area contributed by atoms with Crippen LogP contribution in [0.1, 0.15) is 33.4 Å². The lowest BCUT2D eigenvalue weighted by Gasteiger charge is -2.15. The Kier molecular flexibility index (Phi) is 4.46. The van der Waals surface area contributed by atoms with Crippen LogP contribution in [0.2, 0.25) is 0 Å². The number of rotatable bonds is 4.